The van der Waals surface area contributed by atoms with Crippen LogP contribution in [0.4, 0.5) is 0 Å². The van der Waals surface area contributed by atoms with E-state index in [4.69, 9.17) is 0 Å². The minimum absolute atomic E-state index is 0.161. The standard InChI is InChI=1S/C9H18O2S/c1-3-4-5-6-8(12)7-9(10)11-2/h8,12H,3-7H2,1-2H3. The van der Waals surface area contributed by atoms with Crippen molar-refractivity contribution in [2.24, 2.45) is 0 Å². The maximum Gasteiger partial charge on any atom is 0.306 e. The van der Waals surface area contributed by atoms with Crippen LogP contribution < -0.4 is 0 Å². The first-order chi connectivity index (χ1) is 5.70. The van der Waals surface area contributed by atoms with Gasteiger partial charge in [-0.05, 0) is 6.42 Å². The number of unbranched alkanes of at least 4 members (excludes halogenated alkanes) is 2. The summed E-state index contributed by atoms with van der Waals surface area (Å²) < 4.78 is 4.54. The molecule has 0 amide bonds. The van der Waals surface area contributed by atoms with Gasteiger partial charge in [-0.15, -0.1) is 0 Å². The van der Waals surface area contributed by atoms with E-state index in [1.54, 1.807) is 0 Å². The molecule has 12 heavy (non-hydrogen) atoms. The van der Waals surface area contributed by atoms with Gasteiger partial charge < -0.3 is 4.74 Å². The summed E-state index contributed by atoms with van der Waals surface area (Å²) in [5.74, 6) is -0.161. The van der Waals surface area contributed by atoms with Crippen LogP contribution >= 0.6 is 12.6 Å². The number of carbonyl (C=O) groups is 1. The predicted octanol–water partition coefficient (Wildman–Crippen LogP) is 2.43. The molecule has 72 valence electrons. The first kappa shape index (κ1) is 11.8. The Labute approximate surface area is 80.1 Å². The second kappa shape index (κ2) is 7.47. The molecule has 0 aliphatic heterocycles. The molecule has 0 saturated heterocycles. The lowest BCUT2D eigenvalue weighted by Crippen LogP contribution is -2.09. The first-order valence-corrected chi connectivity index (χ1v) is 4.97. The molecule has 3 heteroatoms. The van der Waals surface area contributed by atoms with Crippen LogP contribution in [0.5, 0.6) is 0 Å². The predicted molar refractivity (Wildman–Crippen MR) is 53.5 cm³/mol. The molecule has 0 bridgehead atoms. The molecule has 1 atom stereocenters. The smallest absolute Gasteiger partial charge is 0.306 e. The second-order valence-corrected chi connectivity index (χ2v) is 3.66. The summed E-state index contributed by atoms with van der Waals surface area (Å²) in [5.41, 5.74) is 0. The second-order valence-electron chi connectivity index (χ2n) is 2.93. The maximum absolute atomic E-state index is 10.8. The minimum Gasteiger partial charge on any atom is -0.469 e. The van der Waals surface area contributed by atoms with Gasteiger partial charge in [0.05, 0.1) is 13.5 Å². The molecule has 0 rings (SSSR count). The summed E-state index contributed by atoms with van der Waals surface area (Å²) in [5, 5.41) is 0.170. The third-order valence-corrected chi connectivity index (χ3v) is 2.21. The summed E-state index contributed by atoms with van der Waals surface area (Å²) >= 11 is 4.30. The average Bonchev–Trinajstić information content (AvgIpc) is 2.05. The van der Waals surface area contributed by atoms with Crippen LogP contribution in [0, 0.1) is 0 Å². The molecule has 0 saturated carbocycles. The minimum atomic E-state index is -0.161. The van der Waals surface area contributed by atoms with Crippen LogP contribution in [0.3, 0.4) is 0 Å². The molecular formula is C9H18O2S. The van der Waals surface area contributed by atoms with E-state index in [9.17, 15) is 4.79 Å². The Bertz CT molecular complexity index is 126. The summed E-state index contributed by atoms with van der Waals surface area (Å²) in [6.45, 7) is 2.16. The number of methoxy groups -OCH3 is 1. The topological polar surface area (TPSA) is 26.3 Å². The van der Waals surface area contributed by atoms with Crippen molar-refractivity contribution in [3.05, 3.63) is 0 Å². The number of carbonyl (C=O) groups excluding carboxylic acids is 1. The highest BCUT2D eigenvalue weighted by atomic mass is 32.1. The van der Waals surface area contributed by atoms with Gasteiger partial charge in [-0.3, -0.25) is 4.79 Å². The third kappa shape index (κ3) is 6.53. The van der Waals surface area contributed by atoms with E-state index in [0.717, 1.165) is 12.8 Å². The fourth-order valence-electron chi connectivity index (χ4n) is 1.01. The Kier molecular flexibility index (Phi) is 7.36. The van der Waals surface area contributed by atoms with Crippen molar-refractivity contribution < 1.29 is 9.53 Å². The number of esters is 1. The molecule has 0 spiro atoms. The molecule has 0 heterocycles. The zero-order valence-electron chi connectivity index (χ0n) is 7.88. The lowest BCUT2D eigenvalue weighted by Gasteiger charge is -2.07. The van der Waals surface area contributed by atoms with E-state index in [0.29, 0.717) is 6.42 Å². The zero-order chi connectivity index (χ0) is 9.40. The van der Waals surface area contributed by atoms with Crippen LogP contribution in [-0.4, -0.2) is 18.3 Å². The van der Waals surface area contributed by atoms with E-state index in [2.05, 4.69) is 24.3 Å². The maximum atomic E-state index is 10.8. The van der Waals surface area contributed by atoms with Gasteiger partial charge in [-0.1, -0.05) is 26.2 Å². The molecule has 2 nitrogen and oxygen atoms in total. The fourth-order valence-corrected chi connectivity index (χ4v) is 1.34. The van der Waals surface area contributed by atoms with Gasteiger partial charge in [0, 0.05) is 5.25 Å². The Morgan fingerprint density at radius 2 is 2.17 bits per heavy atom. The van der Waals surface area contributed by atoms with E-state index in [1.165, 1.54) is 20.0 Å². The fraction of sp³-hybridized carbons (Fsp3) is 0.889. The average molecular weight is 190 g/mol. The van der Waals surface area contributed by atoms with Gasteiger partial charge in [0.2, 0.25) is 0 Å². The Morgan fingerprint density at radius 1 is 1.50 bits per heavy atom. The lowest BCUT2D eigenvalue weighted by molar-refractivity contribution is -0.140. The monoisotopic (exact) mass is 190 g/mol. The Hall–Kier alpha value is -0.180. The van der Waals surface area contributed by atoms with E-state index < -0.39 is 0 Å². The van der Waals surface area contributed by atoms with Gasteiger partial charge in [-0.25, -0.2) is 0 Å². The van der Waals surface area contributed by atoms with Crippen molar-refractivity contribution in [1.82, 2.24) is 0 Å². The summed E-state index contributed by atoms with van der Waals surface area (Å²) in [6, 6.07) is 0. The molecule has 1 unspecified atom stereocenters. The molecule has 0 radical (unpaired) electrons. The largest absolute Gasteiger partial charge is 0.469 e. The number of ether oxygens (including phenoxy) is 1. The first-order valence-electron chi connectivity index (χ1n) is 4.45. The molecule has 0 N–H and O–H groups in total. The van der Waals surface area contributed by atoms with Crippen LogP contribution in [0.2, 0.25) is 0 Å². The summed E-state index contributed by atoms with van der Waals surface area (Å²) in [6.07, 6.45) is 5.02. The number of hydrogen-bond donors (Lipinski definition) is 1. The Morgan fingerprint density at radius 3 is 2.67 bits per heavy atom. The van der Waals surface area contributed by atoms with Crippen LogP contribution in [0.15, 0.2) is 0 Å². The van der Waals surface area contributed by atoms with Crippen LogP contribution in [0.1, 0.15) is 39.0 Å². The van der Waals surface area contributed by atoms with Crippen molar-refractivity contribution in [3.63, 3.8) is 0 Å². The quantitative estimate of drug-likeness (QED) is 0.395. The highest BCUT2D eigenvalue weighted by Gasteiger charge is 2.08. The molecule has 0 fully saturated rings. The molecule has 0 aromatic rings. The molecular weight excluding hydrogens is 172 g/mol. The van der Waals surface area contributed by atoms with Crippen LogP contribution in [-0.2, 0) is 9.53 Å². The van der Waals surface area contributed by atoms with E-state index >= 15 is 0 Å². The van der Waals surface area contributed by atoms with Gasteiger partial charge in [0.1, 0.15) is 0 Å². The number of hydrogen-bond acceptors (Lipinski definition) is 3. The molecule has 0 aliphatic rings. The summed E-state index contributed by atoms with van der Waals surface area (Å²) in [4.78, 5) is 10.8. The Balaban J connectivity index is 3.32. The SMILES string of the molecule is CCCCCC(S)CC(=O)OC. The highest BCUT2D eigenvalue weighted by molar-refractivity contribution is 7.81. The number of thiol groups is 1. The van der Waals surface area contributed by atoms with Gasteiger partial charge >= 0.3 is 5.97 Å². The third-order valence-electron chi connectivity index (χ3n) is 1.77. The van der Waals surface area contributed by atoms with Crippen molar-refractivity contribution in [3.8, 4) is 0 Å². The van der Waals surface area contributed by atoms with Crippen molar-refractivity contribution in [1.29, 1.82) is 0 Å². The molecule has 0 aliphatic carbocycles. The van der Waals surface area contributed by atoms with Crippen molar-refractivity contribution >= 4 is 18.6 Å². The van der Waals surface area contributed by atoms with Crippen LogP contribution in [0.25, 0.3) is 0 Å². The normalized spacial score (nSPS) is 12.6. The van der Waals surface area contributed by atoms with E-state index in [1.807, 2.05) is 0 Å². The van der Waals surface area contributed by atoms with Gasteiger partial charge in [-0.2, -0.15) is 12.6 Å². The van der Waals surface area contributed by atoms with Crippen molar-refractivity contribution in [2.45, 2.75) is 44.3 Å². The highest BCUT2D eigenvalue weighted by Crippen LogP contribution is 2.12. The van der Waals surface area contributed by atoms with Gasteiger partial charge in [0.15, 0.2) is 0 Å². The molecule has 0 aromatic heterocycles. The molecule has 0 aromatic carbocycles. The van der Waals surface area contributed by atoms with Crippen molar-refractivity contribution in [2.75, 3.05) is 7.11 Å². The zero-order valence-corrected chi connectivity index (χ0v) is 8.77. The van der Waals surface area contributed by atoms with Gasteiger partial charge in [0.25, 0.3) is 0 Å². The lowest BCUT2D eigenvalue weighted by atomic mass is 10.1. The van der Waals surface area contributed by atoms with E-state index in [-0.39, 0.29) is 11.2 Å². The number of rotatable bonds is 6. The summed E-state index contributed by atoms with van der Waals surface area (Å²) in [7, 11) is 1.41.